The molecule has 2 N–H and O–H groups in total. The molecule has 0 aromatic heterocycles. The number of nitrogens with one attached hydrogen (secondary N) is 2. The Hall–Kier alpha value is -2.87. The van der Waals surface area contributed by atoms with Crippen molar-refractivity contribution in [3.05, 3.63) is 53.8 Å². The first kappa shape index (κ1) is 15.6. The lowest BCUT2D eigenvalue weighted by molar-refractivity contribution is -0.118. The first-order chi connectivity index (χ1) is 12.2. The summed E-state index contributed by atoms with van der Waals surface area (Å²) in [4.78, 5) is 15.7. The van der Waals surface area contributed by atoms with Gasteiger partial charge in [0.15, 0.2) is 11.8 Å². The Kier molecular flexibility index (Phi) is 4.10. The monoisotopic (exact) mass is 356 g/mol. The minimum absolute atomic E-state index is 0.0283. The standard InChI is InChI=1S/C17H13FN4O2S/c18-11-3-1-2-4-12(11)20-17-22-21-14(9-25-17)10-5-6-15-13(7-10)19-16(23)8-24-15/h1-7H,8-9H2,(H,19,23)(H,20,22). The van der Waals surface area contributed by atoms with Gasteiger partial charge in [0.1, 0.15) is 17.3 Å². The lowest BCUT2D eigenvalue weighted by Crippen LogP contribution is -2.27. The maximum atomic E-state index is 13.7. The van der Waals surface area contributed by atoms with Crippen molar-refractivity contribution in [1.82, 2.24) is 5.43 Å². The highest BCUT2D eigenvalue weighted by molar-refractivity contribution is 8.14. The van der Waals surface area contributed by atoms with Crippen molar-refractivity contribution in [3.8, 4) is 5.75 Å². The Balaban J connectivity index is 1.54. The number of thioether (sulfide) groups is 1. The molecule has 0 radical (unpaired) electrons. The van der Waals surface area contributed by atoms with Crippen LogP contribution < -0.4 is 15.5 Å². The molecular formula is C17H13FN4O2S. The molecule has 2 aliphatic rings. The van der Waals surface area contributed by atoms with Crippen LogP contribution in [-0.4, -0.2) is 29.1 Å². The van der Waals surface area contributed by atoms with Crippen molar-refractivity contribution >= 4 is 39.9 Å². The summed E-state index contributed by atoms with van der Waals surface area (Å²) in [6, 6.07) is 11.8. The Morgan fingerprint density at radius 3 is 2.92 bits per heavy atom. The number of amidine groups is 1. The second-order valence-electron chi connectivity index (χ2n) is 5.38. The zero-order valence-electron chi connectivity index (χ0n) is 13.0. The van der Waals surface area contributed by atoms with Crippen LogP contribution in [0.4, 0.5) is 15.8 Å². The van der Waals surface area contributed by atoms with E-state index in [4.69, 9.17) is 4.74 Å². The summed E-state index contributed by atoms with van der Waals surface area (Å²) in [7, 11) is 0. The number of carbonyl (C=O) groups excluding carboxylic acids is 1. The molecular weight excluding hydrogens is 343 g/mol. The van der Waals surface area contributed by atoms with Gasteiger partial charge in [0.05, 0.1) is 11.4 Å². The largest absolute Gasteiger partial charge is 0.482 e. The van der Waals surface area contributed by atoms with Gasteiger partial charge in [-0.3, -0.25) is 10.2 Å². The summed E-state index contributed by atoms with van der Waals surface area (Å²) in [6.45, 7) is 0.0283. The van der Waals surface area contributed by atoms with Crippen LogP contribution in [0.3, 0.4) is 0 Å². The third-order valence-corrected chi connectivity index (χ3v) is 4.53. The molecule has 0 saturated carbocycles. The molecule has 0 spiro atoms. The Bertz CT molecular complexity index is 913. The predicted molar refractivity (Wildman–Crippen MR) is 96.2 cm³/mol. The van der Waals surface area contributed by atoms with E-state index in [2.05, 4.69) is 20.8 Å². The fourth-order valence-corrected chi connectivity index (χ4v) is 3.21. The van der Waals surface area contributed by atoms with Gasteiger partial charge < -0.3 is 10.1 Å². The van der Waals surface area contributed by atoms with Gasteiger partial charge in [-0.15, -0.1) is 0 Å². The summed E-state index contributed by atoms with van der Waals surface area (Å²) in [6.07, 6.45) is 0. The molecule has 2 heterocycles. The van der Waals surface area contributed by atoms with Gasteiger partial charge in [-0.05, 0) is 30.3 Å². The molecule has 0 bridgehead atoms. The molecule has 126 valence electrons. The maximum absolute atomic E-state index is 13.7. The minimum Gasteiger partial charge on any atom is -0.482 e. The number of hydrogen-bond acceptors (Lipinski definition) is 5. The number of amides is 1. The van der Waals surface area contributed by atoms with Crippen molar-refractivity contribution < 1.29 is 13.9 Å². The zero-order valence-corrected chi connectivity index (χ0v) is 13.8. The number of carbonyl (C=O) groups is 1. The number of hydrogen-bond donors (Lipinski definition) is 2. The number of para-hydroxylation sites is 1. The number of anilines is 1. The summed E-state index contributed by atoms with van der Waals surface area (Å²) < 4.78 is 19.0. The van der Waals surface area contributed by atoms with Gasteiger partial charge in [-0.2, -0.15) is 5.10 Å². The van der Waals surface area contributed by atoms with Crippen LogP contribution in [0.2, 0.25) is 0 Å². The lowest BCUT2D eigenvalue weighted by Gasteiger charge is -2.20. The lowest BCUT2D eigenvalue weighted by atomic mass is 10.1. The molecule has 1 amide bonds. The number of aliphatic imine (C=N–C) groups is 1. The predicted octanol–water partition coefficient (Wildman–Crippen LogP) is 2.88. The Labute approximate surface area is 147 Å². The number of halogens is 1. The molecule has 2 aliphatic heterocycles. The molecule has 0 fully saturated rings. The number of rotatable bonds is 2. The highest BCUT2D eigenvalue weighted by atomic mass is 32.2. The summed E-state index contributed by atoms with van der Waals surface area (Å²) >= 11 is 1.43. The van der Waals surface area contributed by atoms with Crippen LogP contribution in [-0.2, 0) is 4.79 Å². The van der Waals surface area contributed by atoms with Crippen LogP contribution in [0, 0.1) is 5.82 Å². The summed E-state index contributed by atoms with van der Waals surface area (Å²) in [5.74, 6) is 0.662. The fraction of sp³-hybridized carbons (Fsp3) is 0.118. The van der Waals surface area contributed by atoms with E-state index in [9.17, 15) is 9.18 Å². The zero-order chi connectivity index (χ0) is 17.2. The molecule has 8 heteroatoms. The number of fused-ring (bicyclic) bond motifs is 1. The van der Waals surface area contributed by atoms with E-state index >= 15 is 0 Å². The normalized spacial score (nSPS) is 17.9. The van der Waals surface area contributed by atoms with E-state index in [0.717, 1.165) is 11.3 Å². The molecule has 2 aromatic rings. The van der Waals surface area contributed by atoms with E-state index < -0.39 is 0 Å². The van der Waals surface area contributed by atoms with Gasteiger partial charge in [0, 0.05) is 11.3 Å². The SMILES string of the molecule is O=C1COc2ccc(C3=NNC(=Nc4ccccc4F)SC3)cc2N1. The topological polar surface area (TPSA) is 75.1 Å². The molecule has 6 nitrogen and oxygen atoms in total. The first-order valence-corrected chi connectivity index (χ1v) is 8.53. The van der Waals surface area contributed by atoms with Crippen LogP contribution in [0.5, 0.6) is 5.75 Å². The van der Waals surface area contributed by atoms with Crippen LogP contribution in [0.1, 0.15) is 5.56 Å². The molecule has 2 aromatic carbocycles. The third kappa shape index (κ3) is 3.34. The molecule has 25 heavy (non-hydrogen) atoms. The van der Waals surface area contributed by atoms with Crippen molar-refractivity contribution in [3.63, 3.8) is 0 Å². The molecule has 0 unspecified atom stereocenters. The van der Waals surface area contributed by atoms with E-state index in [1.54, 1.807) is 24.3 Å². The van der Waals surface area contributed by atoms with E-state index in [1.807, 2.05) is 12.1 Å². The average molecular weight is 356 g/mol. The molecule has 0 saturated heterocycles. The number of hydrazone groups is 1. The van der Waals surface area contributed by atoms with Crippen molar-refractivity contribution in [2.45, 2.75) is 0 Å². The highest BCUT2D eigenvalue weighted by Crippen LogP contribution is 2.29. The van der Waals surface area contributed by atoms with E-state index in [0.29, 0.717) is 22.4 Å². The second kappa shape index (κ2) is 6.56. The number of benzene rings is 2. The summed E-state index contributed by atoms with van der Waals surface area (Å²) in [5, 5.41) is 7.62. The smallest absolute Gasteiger partial charge is 0.262 e. The van der Waals surface area contributed by atoms with Crippen molar-refractivity contribution in [2.75, 3.05) is 17.7 Å². The van der Waals surface area contributed by atoms with E-state index in [1.165, 1.54) is 17.8 Å². The van der Waals surface area contributed by atoms with Gasteiger partial charge in [0.2, 0.25) is 0 Å². The number of nitrogens with zero attached hydrogens (tertiary/aromatic N) is 2. The van der Waals surface area contributed by atoms with Gasteiger partial charge in [-0.25, -0.2) is 9.38 Å². The number of ether oxygens (including phenoxy) is 1. The Morgan fingerprint density at radius 1 is 1.24 bits per heavy atom. The van der Waals surface area contributed by atoms with Crippen LogP contribution in [0.15, 0.2) is 52.6 Å². The van der Waals surface area contributed by atoms with Gasteiger partial charge in [-0.1, -0.05) is 23.9 Å². The highest BCUT2D eigenvalue weighted by Gasteiger charge is 2.19. The summed E-state index contributed by atoms with van der Waals surface area (Å²) in [5.41, 5.74) is 5.42. The molecule has 0 aliphatic carbocycles. The van der Waals surface area contributed by atoms with Crippen LogP contribution >= 0.6 is 11.8 Å². The van der Waals surface area contributed by atoms with Crippen LogP contribution in [0.25, 0.3) is 0 Å². The van der Waals surface area contributed by atoms with Gasteiger partial charge in [0.25, 0.3) is 5.91 Å². The molecule has 4 rings (SSSR count). The average Bonchev–Trinajstić information content (AvgIpc) is 2.64. The van der Waals surface area contributed by atoms with E-state index in [-0.39, 0.29) is 24.0 Å². The third-order valence-electron chi connectivity index (χ3n) is 3.65. The molecule has 0 atom stereocenters. The Morgan fingerprint density at radius 2 is 2.12 bits per heavy atom. The second-order valence-corrected chi connectivity index (χ2v) is 6.34. The van der Waals surface area contributed by atoms with Crippen molar-refractivity contribution in [1.29, 1.82) is 0 Å². The van der Waals surface area contributed by atoms with Gasteiger partial charge >= 0.3 is 0 Å². The minimum atomic E-state index is -0.377. The fourth-order valence-electron chi connectivity index (χ4n) is 2.44. The first-order valence-electron chi connectivity index (χ1n) is 7.55. The maximum Gasteiger partial charge on any atom is 0.262 e. The van der Waals surface area contributed by atoms with Crippen molar-refractivity contribution in [2.24, 2.45) is 10.1 Å². The quantitative estimate of drug-likeness (QED) is 0.868.